The maximum absolute atomic E-state index is 12.9. The minimum atomic E-state index is -1.02. The topological polar surface area (TPSA) is 84.1 Å². The molecule has 1 aromatic heterocycles. The van der Waals surface area contributed by atoms with E-state index in [0.717, 1.165) is 22.7 Å². The Hall–Kier alpha value is -3.78. The van der Waals surface area contributed by atoms with Gasteiger partial charge in [-0.15, -0.1) is 0 Å². The normalized spacial score (nSPS) is 16.2. The Kier molecular flexibility index (Phi) is 5.87. The van der Waals surface area contributed by atoms with Crippen LogP contribution in [-0.4, -0.2) is 45.8 Å². The van der Waals surface area contributed by atoms with E-state index in [1.165, 1.54) is 28.8 Å². The predicted octanol–water partition coefficient (Wildman–Crippen LogP) is 4.73. The Labute approximate surface area is 189 Å². The number of hydrogen-bond donors (Lipinski definition) is 1. The number of ether oxygens (including phenoxy) is 1. The van der Waals surface area contributed by atoms with Gasteiger partial charge in [-0.1, -0.05) is 6.07 Å². The summed E-state index contributed by atoms with van der Waals surface area (Å²) < 4.78 is 7.20. The Bertz CT molecular complexity index is 1260. The molecule has 0 saturated carbocycles. The highest BCUT2D eigenvalue weighted by Crippen LogP contribution is 2.34. The zero-order valence-corrected chi connectivity index (χ0v) is 18.6. The first-order valence-electron chi connectivity index (χ1n) is 9.79. The van der Waals surface area contributed by atoms with E-state index in [0.29, 0.717) is 15.8 Å². The number of aromatic carboxylic acids is 1. The van der Waals surface area contributed by atoms with Crippen molar-refractivity contribution in [1.82, 2.24) is 9.47 Å². The third-order valence-corrected chi connectivity index (χ3v) is 6.15. The molecule has 1 aliphatic rings. The van der Waals surface area contributed by atoms with E-state index in [-0.39, 0.29) is 11.5 Å². The molecule has 2 heterocycles. The van der Waals surface area contributed by atoms with Crippen molar-refractivity contribution < 1.29 is 19.4 Å². The summed E-state index contributed by atoms with van der Waals surface area (Å²) >= 11 is 1.26. The summed E-state index contributed by atoms with van der Waals surface area (Å²) in [5.74, 6) is -0.412. The lowest BCUT2D eigenvalue weighted by molar-refractivity contribution is -0.121. The molecule has 1 fully saturated rings. The Morgan fingerprint density at radius 1 is 1.16 bits per heavy atom. The molecular formula is C24H21N3O4S. The van der Waals surface area contributed by atoms with E-state index in [9.17, 15) is 14.7 Å². The standard InChI is InChI=1S/C24H21N3O4S/c1-15-6-7-16(23(29)30)13-20(15)25-24-26(2)22(28)21(32-24)14-18-5-4-12-27(18)17-8-10-19(31-3)11-9-17/h4-14H,1-3H3,(H,29,30)/b21-14-,25-24?. The smallest absolute Gasteiger partial charge is 0.335 e. The largest absolute Gasteiger partial charge is 0.497 e. The van der Waals surface area contributed by atoms with E-state index in [2.05, 4.69) is 4.99 Å². The summed E-state index contributed by atoms with van der Waals surface area (Å²) in [5, 5.41) is 9.75. The summed E-state index contributed by atoms with van der Waals surface area (Å²) in [4.78, 5) is 30.7. The van der Waals surface area contributed by atoms with Gasteiger partial charge in [0.05, 0.1) is 23.3 Å². The van der Waals surface area contributed by atoms with Crippen molar-refractivity contribution in [3.05, 3.63) is 82.5 Å². The van der Waals surface area contributed by atoms with E-state index >= 15 is 0 Å². The van der Waals surface area contributed by atoms with Crippen LogP contribution in [0.1, 0.15) is 21.6 Å². The SMILES string of the molecule is COc1ccc(-n2cccc2/C=C2\SC(=Nc3cc(C(=O)O)ccc3C)N(C)C2=O)cc1. The Balaban J connectivity index is 1.66. The van der Waals surface area contributed by atoms with Crippen LogP contribution in [0.2, 0.25) is 0 Å². The molecule has 2 aromatic carbocycles. The molecule has 1 N–H and O–H groups in total. The van der Waals surface area contributed by atoms with Crippen molar-refractivity contribution in [2.24, 2.45) is 4.99 Å². The number of likely N-dealkylation sites (N-methyl/N-ethyl adjacent to an activating group) is 1. The molecular weight excluding hydrogens is 426 g/mol. The number of amides is 1. The zero-order valence-electron chi connectivity index (χ0n) is 17.8. The van der Waals surface area contributed by atoms with Crippen LogP contribution in [-0.2, 0) is 4.79 Å². The predicted molar refractivity (Wildman–Crippen MR) is 126 cm³/mol. The lowest BCUT2D eigenvalue weighted by atomic mass is 10.1. The van der Waals surface area contributed by atoms with Gasteiger partial charge >= 0.3 is 5.97 Å². The molecule has 1 aliphatic heterocycles. The second-order valence-electron chi connectivity index (χ2n) is 7.18. The highest BCUT2D eigenvalue weighted by atomic mass is 32.2. The second kappa shape index (κ2) is 8.76. The number of aryl methyl sites for hydroxylation is 1. The molecule has 8 heteroatoms. The number of aliphatic imine (C=N–C) groups is 1. The van der Waals surface area contributed by atoms with Crippen molar-refractivity contribution in [3.8, 4) is 11.4 Å². The average Bonchev–Trinajstić information content (AvgIpc) is 3.35. The van der Waals surface area contributed by atoms with Gasteiger partial charge < -0.3 is 14.4 Å². The first-order chi connectivity index (χ1) is 15.4. The molecule has 0 spiro atoms. The van der Waals surface area contributed by atoms with Crippen molar-refractivity contribution in [2.75, 3.05) is 14.2 Å². The molecule has 0 unspecified atom stereocenters. The highest BCUT2D eigenvalue weighted by molar-refractivity contribution is 8.18. The number of carbonyl (C=O) groups is 2. The van der Waals surface area contributed by atoms with Gasteiger partial charge in [-0.3, -0.25) is 9.69 Å². The fourth-order valence-corrected chi connectivity index (χ4v) is 4.21. The van der Waals surface area contributed by atoms with Gasteiger partial charge in [-0.25, -0.2) is 9.79 Å². The van der Waals surface area contributed by atoms with Crippen LogP contribution < -0.4 is 4.74 Å². The van der Waals surface area contributed by atoms with Crippen LogP contribution in [0.5, 0.6) is 5.75 Å². The number of thioether (sulfide) groups is 1. The number of rotatable bonds is 5. The molecule has 1 saturated heterocycles. The van der Waals surface area contributed by atoms with Gasteiger partial charge in [0.2, 0.25) is 0 Å². The fourth-order valence-electron chi connectivity index (χ4n) is 3.24. The molecule has 0 bridgehead atoms. The number of carboxylic acid groups (broad SMARTS) is 1. The number of benzene rings is 2. The third-order valence-electron chi connectivity index (χ3n) is 5.09. The first kappa shape index (κ1) is 21.5. The molecule has 32 heavy (non-hydrogen) atoms. The van der Waals surface area contributed by atoms with E-state index in [1.807, 2.05) is 60.2 Å². The summed E-state index contributed by atoms with van der Waals surface area (Å²) in [7, 11) is 3.28. The number of carbonyl (C=O) groups excluding carboxylic acids is 1. The van der Waals surface area contributed by atoms with E-state index in [4.69, 9.17) is 4.74 Å². The molecule has 0 radical (unpaired) electrons. The molecule has 1 amide bonds. The molecule has 7 nitrogen and oxygen atoms in total. The van der Waals surface area contributed by atoms with Gasteiger partial charge in [-0.2, -0.15) is 0 Å². The average molecular weight is 448 g/mol. The lowest BCUT2D eigenvalue weighted by Gasteiger charge is -2.09. The lowest BCUT2D eigenvalue weighted by Crippen LogP contribution is -2.23. The summed E-state index contributed by atoms with van der Waals surface area (Å²) in [6, 6.07) is 16.3. The van der Waals surface area contributed by atoms with Gasteiger partial charge in [0.25, 0.3) is 5.91 Å². The second-order valence-corrected chi connectivity index (χ2v) is 8.19. The number of aromatic nitrogens is 1. The maximum atomic E-state index is 12.9. The monoisotopic (exact) mass is 447 g/mol. The van der Waals surface area contributed by atoms with Crippen molar-refractivity contribution in [2.45, 2.75) is 6.92 Å². The van der Waals surface area contributed by atoms with Gasteiger partial charge in [0.15, 0.2) is 5.17 Å². The van der Waals surface area contributed by atoms with Crippen LogP contribution >= 0.6 is 11.8 Å². The van der Waals surface area contributed by atoms with Crippen molar-refractivity contribution in [1.29, 1.82) is 0 Å². The molecule has 3 aromatic rings. The highest BCUT2D eigenvalue weighted by Gasteiger charge is 2.31. The summed E-state index contributed by atoms with van der Waals surface area (Å²) in [6.07, 6.45) is 3.76. The summed E-state index contributed by atoms with van der Waals surface area (Å²) in [6.45, 7) is 1.85. The van der Waals surface area contributed by atoms with Crippen molar-refractivity contribution >= 4 is 40.6 Å². The minimum Gasteiger partial charge on any atom is -0.497 e. The van der Waals surface area contributed by atoms with Gasteiger partial charge in [-0.05, 0) is 78.9 Å². The zero-order chi connectivity index (χ0) is 22.8. The maximum Gasteiger partial charge on any atom is 0.335 e. The van der Waals surface area contributed by atoms with Crippen LogP contribution in [0, 0.1) is 6.92 Å². The Morgan fingerprint density at radius 3 is 2.59 bits per heavy atom. The van der Waals surface area contributed by atoms with Gasteiger partial charge in [0.1, 0.15) is 5.75 Å². The first-order valence-corrected chi connectivity index (χ1v) is 10.6. The number of carboxylic acids is 1. The van der Waals surface area contributed by atoms with E-state index in [1.54, 1.807) is 20.2 Å². The summed E-state index contributed by atoms with van der Waals surface area (Å²) in [5.41, 5.74) is 3.30. The van der Waals surface area contributed by atoms with Crippen LogP contribution in [0.15, 0.2) is 70.7 Å². The van der Waals surface area contributed by atoms with Crippen LogP contribution in [0.25, 0.3) is 11.8 Å². The minimum absolute atomic E-state index is 0.153. The fraction of sp³-hybridized carbons (Fsp3) is 0.125. The quantitative estimate of drug-likeness (QED) is 0.572. The molecule has 162 valence electrons. The Morgan fingerprint density at radius 2 is 1.91 bits per heavy atom. The molecule has 0 atom stereocenters. The van der Waals surface area contributed by atoms with Crippen LogP contribution in [0.3, 0.4) is 0 Å². The molecule has 4 rings (SSSR count). The number of methoxy groups -OCH3 is 1. The third kappa shape index (κ3) is 4.17. The number of hydrogen-bond acceptors (Lipinski definition) is 5. The van der Waals surface area contributed by atoms with Gasteiger partial charge in [0, 0.05) is 24.6 Å². The van der Waals surface area contributed by atoms with E-state index < -0.39 is 5.97 Å². The molecule has 0 aliphatic carbocycles. The van der Waals surface area contributed by atoms with Crippen LogP contribution in [0.4, 0.5) is 5.69 Å². The van der Waals surface area contributed by atoms with Crippen molar-refractivity contribution in [3.63, 3.8) is 0 Å². The number of amidine groups is 1. The number of nitrogens with zero attached hydrogens (tertiary/aromatic N) is 3.